The van der Waals surface area contributed by atoms with Crippen molar-refractivity contribution in [3.8, 4) is 11.5 Å². The van der Waals surface area contributed by atoms with E-state index < -0.39 is 23.8 Å². The topological polar surface area (TPSA) is 71.1 Å². The van der Waals surface area contributed by atoms with Crippen molar-refractivity contribution in [1.82, 2.24) is 0 Å². The molecule has 0 aromatic heterocycles. The molecule has 1 aliphatic rings. The van der Waals surface area contributed by atoms with E-state index in [1.165, 1.54) is 0 Å². The average molecular weight is 308 g/mol. The van der Waals surface area contributed by atoms with Crippen molar-refractivity contribution in [2.24, 2.45) is 5.92 Å². The Hall–Kier alpha value is -2.24. The second kappa shape index (κ2) is 7.15. The van der Waals surface area contributed by atoms with Crippen molar-refractivity contribution in [3.05, 3.63) is 23.8 Å². The van der Waals surface area contributed by atoms with Crippen LogP contribution in [0.5, 0.6) is 11.5 Å². The first-order valence-corrected chi connectivity index (χ1v) is 7.31. The summed E-state index contributed by atoms with van der Waals surface area (Å²) < 4.78 is 20.6. The van der Waals surface area contributed by atoms with Gasteiger partial charge < -0.3 is 18.9 Å². The fraction of sp³-hybridized carbons (Fsp3) is 0.500. The highest BCUT2D eigenvalue weighted by atomic mass is 16.7. The molecular formula is C16H20O6. The number of esters is 2. The van der Waals surface area contributed by atoms with E-state index in [1.807, 2.05) is 6.07 Å². The van der Waals surface area contributed by atoms with Gasteiger partial charge in [-0.2, -0.15) is 0 Å². The molecule has 0 N–H and O–H groups in total. The maximum atomic E-state index is 12.1. The predicted molar refractivity (Wildman–Crippen MR) is 77.7 cm³/mol. The van der Waals surface area contributed by atoms with Gasteiger partial charge in [0.1, 0.15) is 0 Å². The number of carbonyl (C=O) groups excluding carboxylic acids is 2. The van der Waals surface area contributed by atoms with Crippen LogP contribution in [0.3, 0.4) is 0 Å². The number of benzene rings is 1. The fourth-order valence-corrected chi connectivity index (χ4v) is 2.36. The van der Waals surface area contributed by atoms with Crippen LogP contribution >= 0.6 is 0 Å². The molecule has 0 aliphatic carbocycles. The lowest BCUT2D eigenvalue weighted by Crippen LogP contribution is -2.32. The summed E-state index contributed by atoms with van der Waals surface area (Å²) in [5.41, 5.74) is 0.787. The van der Waals surface area contributed by atoms with Crippen LogP contribution in [-0.4, -0.2) is 31.9 Å². The second-order valence-electron chi connectivity index (χ2n) is 4.88. The van der Waals surface area contributed by atoms with Crippen LogP contribution in [0.15, 0.2) is 18.2 Å². The van der Waals surface area contributed by atoms with E-state index in [0.29, 0.717) is 11.5 Å². The lowest BCUT2D eigenvalue weighted by atomic mass is 9.87. The zero-order valence-electron chi connectivity index (χ0n) is 13.0. The Kier molecular flexibility index (Phi) is 5.25. The van der Waals surface area contributed by atoms with Crippen LogP contribution in [0.4, 0.5) is 0 Å². The smallest absolute Gasteiger partial charge is 0.320 e. The number of carbonyl (C=O) groups is 2. The van der Waals surface area contributed by atoms with Crippen molar-refractivity contribution in [1.29, 1.82) is 0 Å². The molecule has 0 fully saturated rings. The summed E-state index contributed by atoms with van der Waals surface area (Å²) in [4.78, 5) is 24.3. The number of rotatable bonds is 6. The summed E-state index contributed by atoms with van der Waals surface area (Å²) in [6.45, 7) is 5.78. The fourth-order valence-electron chi connectivity index (χ4n) is 2.36. The molecule has 1 atom stereocenters. The first kappa shape index (κ1) is 16.1. The Morgan fingerprint density at radius 1 is 1.09 bits per heavy atom. The minimum atomic E-state index is -1.000. The van der Waals surface area contributed by atoms with Gasteiger partial charge in [-0.1, -0.05) is 13.0 Å². The molecule has 0 bridgehead atoms. The molecule has 6 heteroatoms. The van der Waals surface area contributed by atoms with Crippen LogP contribution in [0.1, 0.15) is 32.3 Å². The van der Waals surface area contributed by atoms with Crippen LogP contribution in [0, 0.1) is 5.92 Å². The van der Waals surface area contributed by atoms with Gasteiger partial charge in [0.05, 0.1) is 13.2 Å². The molecule has 0 radical (unpaired) electrons. The number of ether oxygens (including phenoxy) is 4. The molecule has 1 aromatic carbocycles. The van der Waals surface area contributed by atoms with E-state index in [1.54, 1.807) is 32.9 Å². The van der Waals surface area contributed by atoms with Crippen LogP contribution in [0.2, 0.25) is 0 Å². The molecule has 120 valence electrons. The van der Waals surface area contributed by atoms with Crippen LogP contribution in [0.25, 0.3) is 0 Å². The van der Waals surface area contributed by atoms with Gasteiger partial charge in [-0.25, -0.2) is 0 Å². The molecular weight excluding hydrogens is 288 g/mol. The number of fused-ring (bicyclic) bond motifs is 1. The van der Waals surface area contributed by atoms with Crippen molar-refractivity contribution < 1.29 is 28.5 Å². The Labute approximate surface area is 129 Å². The third-order valence-electron chi connectivity index (χ3n) is 3.50. The van der Waals surface area contributed by atoms with Gasteiger partial charge in [0.25, 0.3) is 0 Å². The molecule has 0 amide bonds. The standard InChI is InChI=1S/C16H20O6/c1-4-19-15(17)14(16(18)20-5-2)10(3)11-6-7-12-13(8-11)22-9-21-12/h6-8,10,14H,4-5,9H2,1-3H3/t10-/m1/s1. The van der Waals surface area contributed by atoms with Gasteiger partial charge in [0, 0.05) is 5.92 Å². The summed E-state index contributed by atoms with van der Waals surface area (Å²) in [7, 11) is 0. The normalized spacial score (nSPS) is 13.8. The third kappa shape index (κ3) is 3.32. The maximum absolute atomic E-state index is 12.1. The molecule has 22 heavy (non-hydrogen) atoms. The van der Waals surface area contributed by atoms with Crippen molar-refractivity contribution in [3.63, 3.8) is 0 Å². The molecule has 2 rings (SSSR count). The van der Waals surface area contributed by atoms with Crippen LogP contribution < -0.4 is 9.47 Å². The van der Waals surface area contributed by atoms with Crippen molar-refractivity contribution in [2.75, 3.05) is 20.0 Å². The van der Waals surface area contributed by atoms with Crippen molar-refractivity contribution >= 4 is 11.9 Å². The molecule has 1 heterocycles. The summed E-state index contributed by atoms with van der Waals surface area (Å²) >= 11 is 0. The molecule has 0 saturated heterocycles. The minimum Gasteiger partial charge on any atom is -0.465 e. The van der Waals surface area contributed by atoms with Gasteiger partial charge in [0.15, 0.2) is 17.4 Å². The molecule has 6 nitrogen and oxygen atoms in total. The quantitative estimate of drug-likeness (QED) is 0.593. The highest BCUT2D eigenvalue weighted by Gasteiger charge is 2.36. The summed E-state index contributed by atoms with van der Waals surface area (Å²) in [6.07, 6.45) is 0. The Morgan fingerprint density at radius 2 is 1.68 bits per heavy atom. The Bertz CT molecular complexity index is 536. The zero-order chi connectivity index (χ0) is 16.1. The first-order valence-electron chi connectivity index (χ1n) is 7.31. The van der Waals surface area contributed by atoms with E-state index >= 15 is 0 Å². The van der Waals surface area contributed by atoms with E-state index in [4.69, 9.17) is 18.9 Å². The largest absolute Gasteiger partial charge is 0.465 e. The van der Waals surface area contributed by atoms with Gasteiger partial charge >= 0.3 is 11.9 Å². The first-order chi connectivity index (χ1) is 10.6. The maximum Gasteiger partial charge on any atom is 0.320 e. The van der Waals surface area contributed by atoms with E-state index in [-0.39, 0.29) is 20.0 Å². The van der Waals surface area contributed by atoms with Gasteiger partial charge in [0.2, 0.25) is 6.79 Å². The van der Waals surface area contributed by atoms with Gasteiger partial charge in [-0.15, -0.1) is 0 Å². The third-order valence-corrected chi connectivity index (χ3v) is 3.50. The average Bonchev–Trinajstić information content (AvgIpc) is 2.95. The SMILES string of the molecule is CCOC(=O)C(C(=O)OCC)[C@H](C)c1ccc2c(c1)OCO2. The highest BCUT2D eigenvalue weighted by molar-refractivity contribution is 5.96. The summed E-state index contributed by atoms with van der Waals surface area (Å²) in [5, 5.41) is 0. The zero-order valence-corrected chi connectivity index (χ0v) is 13.0. The predicted octanol–water partition coefficient (Wildman–Crippen LogP) is 2.26. The summed E-state index contributed by atoms with van der Waals surface area (Å²) in [5.74, 6) is -1.29. The van der Waals surface area contributed by atoms with E-state index in [0.717, 1.165) is 5.56 Å². The minimum absolute atomic E-state index is 0.173. The molecule has 0 spiro atoms. The highest BCUT2D eigenvalue weighted by Crippen LogP contribution is 2.36. The molecule has 0 saturated carbocycles. The monoisotopic (exact) mass is 308 g/mol. The molecule has 1 aromatic rings. The summed E-state index contributed by atoms with van der Waals surface area (Å²) in [6, 6.07) is 5.35. The number of hydrogen-bond acceptors (Lipinski definition) is 6. The van der Waals surface area contributed by atoms with E-state index in [2.05, 4.69) is 0 Å². The van der Waals surface area contributed by atoms with E-state index in [9.17, 15) is 9.59 Å². The second-order valence-corrected chi connectivity index (χ2v) is 4.88. The van der Waals surface area contributed by atoms with Gasteiger partial charge in [-0.3, -0.25) is 9.59 Å². The number of hydrogen-bond donors (Lipinski definition) is 0. The Balaban J connectivity index is 2.25. The lowest BCUT2D eigenvalue weighted by Gasteiger charge is -2.21. The molecule has 1 aliphatic heterocycles. The van der Waals surface area contributed by atoms with Crippen molar-refractivity contribution in [2.45, 2.75) is 26.7 Å². The molecule has 0 unspecified atom stereocenters. The lowest BCUT2D eigenvalue weighted by molar-refractivity contribution is -0.162. The van der Waals surface area contributed by atoms with Gasteiger partial charge in [-0.05, 0) is 31.5 Å². The van der Waals surface area contributed by atoms with Crippen LogP contribution in [-0.2, 0) is 19.1 Å². The Morgan fingerprint density at radius 3 is 2.27 bits per heavy atom.